The molecule has 0 spiro atoms. The van der Waals surface area contributed by atoms with Gasteiger partial charge in [-0.25, -0.2) is 9.97 Å². The lowest BCUT2D eigenvalue weighted by Crippen LogP contribution is -2.49. The van der Waals surface area contributed by atoms with Crippen molar-refractivity contribution in [3.8, 4) is 0 Å². The number of amides is 2. The Morgan fingerprint density at radius 2 is 1.87 bits per heavy atom. The molecular weight excluding hydrogens is 380 g/mol. The van der Waals surface area contributed by atoms with Crippen molar-refractivity contribution in [3.05, 3.63) is 48.3 Å². The maximum absolute atomic E-state index is 12.3. The molecule has 1 unspecified atom stereocenters. The van der Waals surface area contributed by atoms with Crippen molar-refractivity contribution >= 4 is 23.5 Å². The van der Waals surface area contributed by atoms with E-state index in [-0.39, 0.29) is 11.8 Å². The first-order valence-corrected chi connectivity index (χ1v) is 10.5. The van der Waals surface area contributed by atoms with Crippen LogP contribution in [0.3, 0.4) is 0 Å². The summed E-state index contributed by atoms with van der Waals surface area (Å²) >= 11 is 0. The van der Waals surface area contributed by atoms with Gasteiger partial charge in [0, 0.05) is 51.4 Å². The smallest absolute Gasteiger partial charge is 0.251 e. The van der Waals surface area contributed by atoms with Crippen LogP contribution in [0, 0.1) is 5.92 Å². The van der Waals surface area contributed by atoms with Crippen molar-refractivity contribution in [2.24, 2.45) is 5.92 Å². The molecule has 1 N–H and O–H groups in total. The van der Waals surface area contributed by atoms with Crippen LogP contribution < -0.4 is 15.1 Å². The minimum atomic E-state index is -0.0308. The molecule has 1 atom stereocenters. The van der Waals surface area contributed by atoms with Crippen LogP contribution >= 0.6 is 0 Å². The monoisotopic (exact) mass is 408 g/mol. The van der Waals surface area contributed by atoms with Gasteiger partial charge in [-0.15, -0.1) is 0 Å². The Kier molecular flexibility index (Phi) is 6.11. The number of carbonyl (C=O) groups is 2. The van der Waals surface area contributed by atoms with Crippen molar-refractivity contribution < 1.29 is 9.59 Å². The lowest BCUT2D eigenvalue weighted by atomic mass is 9.98. The number of aromatic nitrogens is 2. The summed E-state index contributed by atoms with van der Waals surface area (Å²) in [5.41, 5.74) is 0.687. The number of hydrogen-bond donors (Lipinski definition) is 1. The number of nitrogens with zero attached hydrogens (tertiary/aromatic N) is 5. The molecule has 8 nitrogen and oxygen atoms in total. The first-order chi connectivity index (χ1) is 14.6. The number of rotatable bonds is 5. The largest absolute Gasteiger partial charge is 0.356 e. The van der Waals surface area contributed by atoms with Crippen LogP contribution in [0.4, 0.5) is 11.6 Å². The van der Waals surface area contributed by atoms with E-state index in [4.69, 9.17) is 0 Å². The van der Waals surface area contributed by atoms with E-state index in [1.165, 1.54) is 0 Å². The van der Waals surface area contributed by atoms with Crippen LogP contribution in [0.25, 0.3) is 0 Å². The van der Waals surface area contributed by atoms with Crippen LogP contribution in [-0.4, -0.2) is 73.0 Å². The Labute approximate surface area is 176 Å². The van der Waals surface area contributed by atoms with Gasteiger partial charge in [0.05, 0.1) is 6.54 Å². The van der Waals surface area contributed by atoms with Gasteiger partial charge in [0.25, 0.3) is 5.91 Å². The van der Waals surface area contributed by atoms with Crippen LogP contribution in [0.15, 0.2) is 42.7 Å². The topological polar surface area (TPSA) is 81.7 Å². The number of hydrogen-bond acceptors (Lipinski definition) is 6. The normalized spacial score (nSPS) is 19.7. The molecule has 2 fully saturated rings. The van der Waals surface area contributed by atoms with E-state index in [0.717, 1.165) is 44.1 Å². The predicted molar refractivity (Wildman–Crippen MR) is 116 cm³/mol. The average molecular weight is 409 g/mol. The van der Waals surface area contributed by atoms with Crippen LogP contribution in [0.1, 0.15) is 23.2 Å². The number of anilines is 2. The van der Waals surface area contributed by atoms with Crippen molar-refractivity contribution in [1.29, 1.82) is 0 Å². The van der Waals surface area contributed by atoms with Gasteiger partial charge in [-0.1, -0.05) is 18.2 Å². The summed E-state index contributed by atoms with van der Waals surface area (Å²) in [7, 11) is 1.83. The molecule has 2 aliphatic heterocycles. The molecule has 2 amide bonds. The molecular formula is C22H28N6O2. The van der Waals surface area contributed by atoms with Crippen molar-refractivity contribution in [3.63, 3.8) is 0 Å². The molecule has 4 rings (SSSR count). The van der Waals surface area contributed by atoms with Gasteiger partial charge in [-0.2, -0.15) is 0 Å². The van der Waals surface area contributed by atoms with E-state index in [1.54, 1.807) is 11.2 Å². The molecule has 1 aromatic carbocycles. The first-order valence-electron chi connectivity index (χ1n) is 10.5. The third-order valence-corrected chi connectivity index (χ3v) is 5.85. The second-order valence-corrected chi connectivity index (χ2v) is 8.00. The lowest BCUT2D eigenvalue weighted by molar-refractivity contribution is -0.129. The molecule has 0 bridgehead atoms. The molecule has 2 aliphatic rings. The number of nitrogens with one attached hydrogen (secondary N) is 1. The van der Waals surface area contributed by atoms with Crippen molar-refractivity contribution in [1.82, 2.24) is 20.2 Å². The number of carbonyl (C=O) groups excluding carboxylic acids is 2. The van der Waals surface area contributed by atoms with Gasteiger partial charge < -0.3 is 20.0 Å². The maximum atomic E-state index is 12.3. The SMILES string of the molecule is CN1CCN(c2cc(N3CCCC(CNC(=O)c4ccccc4)C3)ncn2)CC1=O. The van der Waals surface area contributed by atoms with Gasteiger partial charge in [0.1, 0.15) is 18.0 Å². The molecule has 30 heavy (non-hydrogen) atoms. The minimum absolute atomic E-state index is 0.0308. The third-order valence-electron chi connectivity index (χ3n) is 5.85. The maximum Gasteiger partial charge on any atom is 0.251 e. The summed E-state index contributed by atoms with van der Waals surface area (Å²) in [5, 5.41) is 3.06. The molecule has 2 aromatic rings. The van der Waals surface area contributed by atoms with E-state index in [0.29, 0.717) is 31.1 Å². The highest BCUT2D eigenvalue weighted by atomic mass is 16.2. The highest BCUT2D eigenvalue weighted by Crippen LogP contribution is 2.24. The second-order valence-electron chi connectivity index (χ2n) is 8.00. The van der Waals surface area contributed by atoms with E-state index in [1.807, 2.05) is 48.3 Å². The third kappa shape index (κ3) is 4.69. The quantitative estimate of drug-likeness (QED) is 0.806. The van der Waals surface area contributed by atoms with Gasteiger partial charge in [0.2, 0.25) is 5.91 Å². The van der Waals surface area contributed by atoms with Crippen LogP contribution in [-0.2, 0) is 4.79 Å². The number of likely N-dealkylation sites (N-methyl/N-ethyl adjacent to an activating group) is 1. The zero-order valence-corrected chi connectivity index (χ0v) is 17.3. The summed E-state index contributed by atoms with van der Waals surface area (Å²) in [6.07, 6.45) is 3.71. The van der Waals surface area contributed by atoms with Crippen molar-refractivity contribution in [2.75, 3.05) is 56.1 Å². The summed E-state index contributed by atoms with van der Waals surface area (Å²) in [5.74, 6) is 2.12. The molecule has 1 aromatic heterocycles. The molecule has 158 valence electrons. The molecule has 0 saturated carbocycles. The molecule has 0 radical (unpaired) electrons. The fraction of sp³-hybridized carbons (Fsp3) is 0.455. The van der Waals surface area contributed by atoms with E-state index < -0.39 is 0 Å². The standard InChI is InChI=1S/C22H28N6O2/c1-26-10-11-28(15-21(26)29)20-12-19(24-16-25-20)27-9-5-6-17(14-27)13-23-22(30)18-7-3-2-4-8-18/h2-4,7-8,12,16-17H,5-6,9-11,13-15H2,1H3,(H,23,30). The Morgan fingerprint density at radius 3 is 2.63 bits per heavy atom. The molecule has 3 heterocycles. The van der Waals surface area contributed by atoms with Gasteiger partial charge in [0.15, 0.2) is 0 Å². The Balaban J connectivity index is 1.36. The summed E-state index contributed by atoms with van der Waals surface area (Å²) < 4.78 is 0. The Hall–Kier alpha value is -3.16. The average Bonchev–Trinajstić information content (AvgIpc) is 2.80. The molecule has 0 aliphatic carbocycles. The zero-order valence-electron chi connectivity index (χ0n) is 17.3. The lowest BCUT2D eigenvalue weighted by Gasteiger charge is -2.35. The van der Waals surface area contributed by atoms with Gasteiger partial charge >= 0.3 is 0 Å². The number of piperidine rings is 1. The molecule has 2 saturated heterocycles. The van der Waals surface area contributed by atoms with Gasteiger partial charge in [-0.3, -0.25) is 9.59 Å². The highest BCUT2D eigenvalue weighted by Gasteiger charge is 2.25. The second kappa shape index (κ2) is 9.11. The number of piperazine rings is 1. The Bertz CT molecular complexity index is 890. The fourth-order valence-corrected chi connectivity index (χ4v) is 4.01. The van der Waals surface area contributed by atoms with Crippen LogP contribution in [0.2, 0.25) is 0 Å². The summed E-state index contributed by atoms with van der Waals surface area (Å²) in [4.78, 5) is 39.2. The number of benzene rings is 1. The fourth-order valence-electron chi connectivity index (χ4n) is 4.01. The predicted octanol–water partition coefficient (Wildman–Crippen LogP) is 1.40. The van der Waals surface area contributed by atoms with E-state index >= 15 is 0 Å². The summed E-state index contributed by atoms with van der Waals surface area (Å²) in [6.45, 7) is 4.24. The van der Waals surface area contributed by atoms with Crippen LogP contribution in [0.5, 0.6) is 0 Å². The van der Waals surface area contributed by atoms with E-state index in [2.05, 4.69) is 20.2 Å². The molecule has 8 heteroatoms. The highest BCUT2D eigenvalue weighted by molar-refractivity contribution is 5.94. The zero-order chi connectivity index (χ0) is 20.9. The van der Waals surface area contributed by atoms with Gasteiger partial charge in [-0.05, 0) is 30.9 Å². The summed E-state index contributed by atoms with van der Waals surface area (Å²) in [6, 6.07) is 11.3. The Morgan fingerprint density at radius 1 is 1.10 bits per heavy atom. The van der Waals surface area contributed by atoms with E-state index in [9.17, 15) is 9.59 Å². The van der Waals surface area contributed by atoms with Crippen molar-refractivity contribution in [2.45, 2.75) is 12.8 Å². The first kappa shape index (κ1) is 20.1. The minimum Gasteiger partial charge on any atom is -0.356 e.